The third kappa shape index (κ3) is 5.13. The SMILES string of the molecule is O=C(CC1(c2ccc(-c3ccc(-c4cnco4)cc3)s2)CCN(S(=O)(=O)c2cccnc2)CCS1(=O)=O)NO. The lowest BCUT2D eigenvalue weighted by Gasteiger charge is -2.30. The second-order valence-corrected chi connectivity index (χ2v) is 14.4. The maximum absolute atomic E-state index is 13.8. The Kier molecular flexibility index (Phi) is 7.39. The normalized spacial score (nSPS) is 19.8. The highest BCUT2D eigenvalue weighted by Gasteiger charge is 2.50. The number of nitrogens with one attached hydrogen (secondary N) is 1. The number of carbonyl (C=O) groups excluding carboxylic acids is 1. The standard InChI is InChI=1S/C25H24N4O7S3/c30-24(28-31)14-25(9-11-29(12-13-38(25,32)33)39(34,35)20-2-1-10-26-15-20)23-8-7-22(37-23)19-5-3-18(4-6-19)21-16-27-17-36-21/h1-8,10,15-17,31H,9,11-14H2,(H,28,30). The van der Waals surface area contributed by atoms with Gasteiger partial charge in [0.15, 0.2) is 22.0 Å². The van der Waals surface area contributed by atoms with Crippen LogP contribution in [0.15, 0.2) is 82.8 Å². The van der Waals surface area contributed by atoms with Crippen LogP contribution in [0, 0.1) is 0 Å². The molecular formula is C25H24N4O7S3. The van der Waals surface area contributed by atoms with Crippen LogP contribution in [-0.2, 0) is 29.4 Å². The van der Waals surface area contributed by atoms with Crippen molar-refractivity contribution in [2.24, 2.45) is 0 Å². The van der Waals surface area contributed by atoms with Gasteiger partial charge in [-0.1, -0.05) is 24.3 Å². The van der Waals surface area contributed by atoms with Crippen molar-refractivity contribution in [1.82, 2.24) is 19.8 Å². The molecule has 5 rings (SSSR count). The summed E-state index contributed by atoms with van der Waals surface area (Å²) in [4.78, 5) is 21.3. The molecule has 1 amide bonds. The first-order valence-electron chi connectivity index (χ1n) is 11.8. The Bertz CT molecular complexity index is 1670. The van der Waals surface area contributed by atoms with E-state index in [-0.39, 0.29) is 24.4 Å². The van der Waals surface area contributed by atoms with Crippen LogP contribution < -0.4 is 5.48 Å². The van der Waals surface area contributed by atoms with Gasteiger partial charge < -0.3 is 4.42 Å². The Balaban J connectivity index is 1.51. The van der Waals surface area contributed by atoms with Crippen LogP contribution >= 0.6 is 11.3 Å². The number of rotatable bonds is 7. The molecule has 4 aromatic rings. The largest absolute Gasteiger partial charge is 0.444 e. The average molecular weight is 589 g/mol. The van der Waals surface area contributed by atoms with Gasteiger partial charge in [-0.15, -0.1) is 11.3 Å². The monoisotopic (exact) mass is 588 g/mol. The van der Waals surface area contributed by atoms with Gasteiger partial charge in [-0.3, -0.25) is 15.0 Å². The Morgan fingerprint density at radius 3 is 2.51 bits per heavy atom. The van der Waals surface area contributed by atoms with E-state index >= 15 is 0 Å². The van der Waals surface area contributed by atoms with E-state index in [0.717, 1.165) is 20.3 Å². The zero-order valence-corrected chi connectivity index (χ0v) is 22.9. The third-order valence-electron chi connectivity index (χ3n) is 6.75. The van der Waals surface area contributed by atoms with Crippen molar-refractivity contribution in [3.05, 3.63) is 78.4 Å². The third-order valence-corrected chi connectivity index (χ3v) is 12.6. The van der Waals surface area contributed by atoms with Crippen LogP contribution in [-0.4, -0.2) is 61.1 Å². The molecule has 1 unspecified atom stereocenters. The number of sulfone groups is 1. The smallest absolute Gasteiger partial charge is 0.245 e. The van der Waals surface area contributed by atoms with Gasteiger partial charge in [0.2, 0.25) is 15.9 Å². The zero-order valence-electron chi connectivity index (χ0n) is 20.4. The fourth-order valence-electron chi connectivity index (χ4n) is 4.63. The number of sulfonamides is 1. The molecule has 0 aliphatic carbocycles. The minimum Gasteiger partial charge on any atom is -0.444 e. The fraction of sp³-hybridized carbons (Fsp3) is 0.240. The number of benzene rings is 1. The van der Waals surface area contributed by atoms with Crippen LogP contribution in [0.1, 0.15) is 17.7 Å². The van der Waals surface area contributed by atoms with Crippen molar-refractivity contribution >= 4 is 37.1 Å². The summed E-state index contributed by atoms with van der Waals surface area (Å²) in [6.45, 7) is -0.419. The zero-order chi connectivity index (χ0) is 27.7. The number of amides is 1. The number of aromatic nitrogens is 2. The molecule has 204 valence electrons. The van der Waals surface area contributed by atoms with Crippen molar-refractivity contribution in [3.8, 4) is 21.8 Å². The number of hydroxylamine groups is 1. The number of nitrogens with zero attached hydrogens (tertiary/aromatic N) is 3. The van der Waals surface area contributed by atoms with E-state index in [2.05, 4.69) is 9.97 Å². The number of oxazole rings is 1. The maximum atomic E-state index is 13.8. The topological polar surface area (TPSA) is 160 Å². The Morgan fingerprint density at radius 2 is 1.85 bits per heavy atom. The Labute approximate surface area is 229 Å². The molecule has 0 radical (unpaired) electrons. The van der Waals surface area contributed by atoms with E-state index in [1.165, 1.54) is 47.7 Å². The summed E-state index contributed by atoms with van der Waals surface area (Å²) in [6, 6.07) is 13.7. The van der Waals surface area contributed by atoms with Crippen LogP contribution in [0.5, 0.6) is 0 Å². The van der Waals surface area contributed by atoms with Crippen molar-refractivity contribution in [2.45, 2.75) is 22.5 Å². The number of thiophene rings is 1. The predicted octanol–water partition coefficient (Wildman–Crippen LogP) is 3.07. The molecule has 0 spiro atoms. The second-order valence-electron chi connectivity index (χ2n) is 8.97. The summed E-state index contributed by atoms with van der Waals surface area (Å²) in [6.07, 6.45) is 4.86. The maximum Gasteiger partial charge on any atom is 0.245 e. The molecular weight excluding hydrogens is 564 g/mol. The quantitative estimate of drug-likeness (QED) is 0.244. The minimum absolute atomic E-state index is 0.0461. The second kappa shape index (κ2) is 10.6. The van der Waals surface area contributed by atoms with Crippen molar-refractivity contribution in [2.75, 3.05) is 18.8 Å². The van der Waals surface area contributed by atoms with E-state index in [1.807, 2.05) is 24.3 Å². The van der Waals surface area contributed by atoms with Crippen molar-refractivity contribution in [3.63, 3.8) is 0 Å². The van der Waals surface area contributed by atoms with E-state index in [4.69, 9.17) is 4.42 Å². The fourth-order valence-corrected chi connectivity index (χ4v) is 9.77. The van der Waals surface area contributed by atoms with Gasteiger partial charge in [0.05, 0.1) is 18.4 Å². The molecule has 2 N–H and O–H groups in total. The molecule has 39 heavy (non-hydrogen) atoms. The molecule has 1 aliphatic rings. The van der Waals surface area contributed by atoms with Gasteiger partial charge in [0, 0.05) is 40.8 Å². The molecule has 1 atom stereocenters. The van der Waals surface area contributed by atoms with E-state index in [9.17, 15) is 26.8 Å². The summed E-state index contributed by atoms with van der Waals surface area (Å²) >= 11 is 1.21. The molecule has 11 nitrogen and oxygen atoms in total. The van der Waals surface area contributed by atoms with Gasteiger partial charge in [0.25, 0.3) is 0 Å². The first-order chi connectivity index (χ1) is 18.7. The summed E-state index contributed by atoms with van der Waals surface area (Å²) in [7, 11) is -8.08. The number of pyridine rings is 1. The first-order valence-corrected chi connectivity index (χ1v) is 15.7. The van der Waals surface area contributed by atoms with Crippen LogP contribution in [0.4, 0.5) is 0 Å². The predicted molar refractivity (Wildman–Crippen MR) is 143 cm³/mol. The van der Waals surface area contributed by atoms with Gasteiger partial charge in [-0.05, 0) is 36.2 Å². The van der Waals surface area contributed by atoms with Crippen molar-refractivity contribution < 1.29 is 31.3 Å². The highest BCUT2D eigenvalue weighted by Crippen LogP contribution is 2.45. The number of carbonyl (C=O) groups is 1. The van der Waals surface area contributed by atoms with Crippen LogP contribution in [0.25, 0.3) is 21.8 Å². The molecule has 3 aromatic heterocycles. The van der Waals surface area contributed by atoms with E-state index < -0.39 is 42.7 Å². The average Bonchev–Trinajstić information content (AvgIpc) is 3.64. The molecule has 0 bridgehead atoms. The van der Waals surface area contributed by atoms with Crippen LogP contribution in [0.3, 0.4) is 0 Å². The number of hydrogen-bond donors (Lipinski definition) is 2. The molecule has 1 aromatic carbocycles. The summed E-state index contributed by atoms with van der Waals surface area (Å²) in [5.74, 6) is -0.768. The molecule has 14 heteroatoms. The summed E-state index contributed by atoms with van der Waals surface area (Å²) in [5.41, 5.74) is 3.18. The molecule has 4 heterocycles. The van der Waals surface area contributed by atoms with E-state index in [1.54, 1.807) is 18.3 Å². The number of hydrogen-bond acceptors (Lipinski definition) is 10. The lowest BCUT2D eigenvalue weighted by atomic mass is 9.97. The van der Waals surface area contributed by atoms with E-state index in [0.29, 0.717) is 10.6 Å². The van der Waals surface area contributed by atoms with Gasteiger partial charge in [-0.25, -0.2) is 27.3 Å². The lowest BCUT2D eigenvalue weighted by molar-refractivity contribution is -0.129. The highest BCUT2D eigenvalue weighted by molar-refractivity contribution is 7.92. The van der Waals surface area contributed by atoms with Crippen molar-refractivity contribution in [1.29, 1.82) is 0 Å². The summed E-state index contributed by atoms with van der Waals surface area (Å²) in [5, 5.41) is 9.27. The molecule has 1 saturated heterocycles. The lowest BCUT2D eigenvalue weighted by Crippen LogP contribution is -2.41. The summed E-state index contributed by atoms with van der Waals surface area (Å²) < 4.78 is 58.8. The van der Waals surface area contributed by atoms with Crippen LogP contribution in [0.2, 0.25) is 0 Å². The molecule has 0 saturated carbocycles. The van der Waals surface area contributed by atoms with Gasteiger partial charge >= 0.3 is 0 Å². The van der Waals surface area contributed by atoms with Gasteiger partial charge in [-0.2, -0.15) is 4.31 Å². The first kappa shape index (κ1) is 27.1. The van der Waals surface area contributed by atoms with Gasteiger partial charge in [0.1, 0.15) is 9.64 Å². The molecule has 1 fully saturated rings. The Hall–Kier alpha value is -3.43. The molecule has 1 aliphatic heterocycles. The minimum atomic E-state index is -4.06. The Morgan fingerprint density at radius 1 is 1.08 bits per heavy atom. The highest BCUT2D eigenvalue weighted by atomic mass is 32.2.